The lowest BCUT2D eigenvalue weighted by Crippen LogP contribution is -2.00. The highest BCUT2D eigenvalue weighted by atomic mass is 35.5. The Hall–Kier alpha value is -1.36. The molecule has 0 aliphatic rings. The molecular formula is C7H8ClN5. The van der Waals surface area contributed by atoms with E-state index in [1.165, 1.54) is 0 Å². The van der Waals surface area contributed by atoms with E-state index in [9.17, 15) is 0 Å². The van der Waals surface area contributed by atoms with Crippen LogP contribution >= 0.6 is 11.6 Å². The van der Waals surface area contributed by atoms with Crippen molar-refractivity contribution >= 4 is 28.5 Å². The smallest absolute Gasteiger partial charge is 0.226 e. The number of nitrogens with zero attached hydrogens (tertiary/aromatic N) is 3. The van der Waals surface area contributed by atoms with Gasteiger partial charge < -0.3 is 5.32 Å². The molecule has 0 fully saturated rings. The van der Waals surface area contributed by atoms with Gasteiger partial charge in [-0.1, -0.05) is 0 Å². The molecule has 2 aromatic heterocycles. The highest BCUT2D eigenvalue weighted by molar-refractivity contribution is 6.28. The fourth-order valence-corrected chi connectivity index (χ4v) is 1.28. The minimum absolute atomic E-state index is 0.215. The van der Waals surface area contributed by atoms with Gasteiger partial charge in [-0.15, -0.1) is 0 Å². The van der Waals surface area contributed by atoms with Gasteiger partial charge in [0, 0.05) is 6.54 Å². The SMILES string of the molecule is CCNc1nc(Cl)nc2[nH]ncc12. The molecule has 5 nitrogen and oxygen atoms in total. The average molecular weight is 198 g/mol. The molecule has 0 aromatic carbocycles. The van der Waals surface area contributed by atoms with Crippen LogP contribution in [0.2, 0.25) is 5.28 Å². The summed E-state index contributed by atoms with van der Waals surface area (Å²) in [5.41, 5.74) is 0.649. The molecule has 0 spiro atoms. The summed E-state index contributed by atoms with van der Waals surface area (Å²) < 4.78 is 0. The zero-order chi connectivity index (χ0) is 9.26. The number of halogens is 1. The second-order valence-electron chi connectivity index (χ2n) is 2.50. The van der Waals surface area contributed by atoms with E-state index in [0.717, 1.165) is 11.9 Å². The molecule has 2 heterocycles. The van der Waals surface area contributed by atoms with Crippen LogP contribution in [-0.4, -0.2) is 26.7 Å². The number of anilines is 1. The number of aromatic amines is 1. The minimum atomic E-state index is 0.215. The fraction of sp³-hybridized carbons (Fsp3) is 0.286. The Kier molecular flexibility index (Phi) is 2.02. The van der Waals surface area contributed by atoms with Gasteiger partial charge in [-0.25, -0.2) is 0 Å². The van der Waals surface area contributed by atoms with Crippen LogP contribution in [0.25, 0.3) is 11.0 Å². The summed E-state index contributed by atoms with van der Waals surface area (Å²) in [5.74, 6) is 0.714. The van der Waals surface area contributed by atoms with Crippen LogP contribution in [0.4, 0.5) is 5.82 Å². The lowest BCUT2D eigenvalue weighted by molar-refractivity contribution is 1.08. The highest BCUT2D eigenvalue weighted by Crippen LogP contribution is 2.19. The summed E-state index contributed by atoms with van der Waals surface area (Å²) in [6.07, 6.45) is 1.67. The van der Waals surface area contributed by atoms with Gasteiger partial charge in [0.2, 0.25) is 5.28 Å². The van der Waals surface area contributed by atoms with Crippen molar-refractivity contribution in [2.45, 2.75) is 6.92 Å². The Balaban J connectivity index is 2.63. The molecule has 2 rings (SSSR count). The van der Waals surface area contributed by atoms with Gasteiger partial charge in [0.15, 0.2) is 5.65 Å². The van der Waals surface area contributed by atoms with Crippen LogP contribution in [0.5, 0.6) is 0 Å². The number of nitrogens with one attached hydrogen (secondary N) is 2. The number of hydrogen-bond donors (Lipinski definition) is 2. The predicted octanol–water partition coefficient (Wildman–Crippen LogP) is 1.44. The second kappa shape index (κ2) is 3.18. The summed E-state index contributed by atoms with van der Waals surface area (Å²) in [4.78, 5) is 8.02. The molecule has 0 saturated heterocycles. The molecule has 0 unspecified atom stereocenters. The maximum atomic E-state index is 5.71. The van der Waals surface area contributed by atoms with E-state index >= 15 is 0 Å². The lowest BCUT2D eigenvalue weighted by atomic mass is 10.4. The molecule has 0 amide bonds. The molecule has 2 N–H and O–H groups in total. The van der Waals surface area contributed by atoms with Gasteiger partial charge in [0.05, 0.1) is 11.6 Å². The van der Waals surface area contributed by atoms with Gasteiger partial charge in [-0.2, -0.15) is 15.1 Å². The van der Waals surface area contributed by atoms with Crippen molar-refractivity contribution < 1.29 is 0 Å². The third-order valence-corrected chi connectivity index (χ3v) is 1.80. The Morgan fingerprint density at radius 2 is 2.38 bits per heavy atom. The quantitative estimate of drug-likeness (QED) is 0.715. The van der Waals surface area contributed by atoms with Crippen molar-refractivity contribution in [3.05, 3.63) is 11.5 Å². The van der Waals surface area contributed by atoms with Crippen molar-refractivity contribution in [3.63, 3.8) is 0 Å². The molecule has 0 saturated carbocycles. The maximum absolute atomic E-state index is 5.71. The van der Waals surface area contributed by atoms with Crippen molar-refractivity contribution in [1.82, 2.24) is 20.2 Å². The van der Waals surface area contributed by atoms with Crippen LogP contribution < -0.4 is 5.32 Å². The summed E-state index contributed by atoms with van der Waals surface area (Å²) in [6, 6.07) is 0. The Bertz CT molecular complexity index is 424. The number of H-pyrrole nitrogens is 1. The van der Waals surface area contributed by atoms with Crippen LogP contribution in [0.3, 0.4) is 0 Å². The average Bonchev–Trinajstić information content (AvgIpc) is 2.52. The van der Waals surface area contributed by atoms with Gasteiger partial charge in [0.1, 0.15) is 5.82 Å². The van der Waals surface area contributed by atoms with Gasteiger partial charge in [0.25, 0.3) is 0 Å². The molecule has 0 aliphatic heterocycles. The van der Waals surface area contributed by atoms with Crippen molar-refractivity contribution in [2.75, 3.05) is 11.9 Å². The van der Waals surface area contributed by atoms with Crippen LogP contribution in [0.15, 0.2) is 6.20 Å². The van der Waals surface area contributed by atoms with E-state index in [0.29, 0.717) is 11.5 Å². The number of hydrogen-bond acceptors (Lipinski definition) is 4. The first-order chi connectivity index (χ1) is 6.31. The van der Waals surface area contributed by atoms with Crippen molar-refractivity contribution in [2.24, 2.45) is 0 Å². The van der Waals surface area contributed by atoms with Crippen LogP contribution in [0, 0.1) is 0 Å². The van der Waals surface area contributed by atoms with Crippen molar-refractivity contribution in [1.29, 1.82) is 0 Å². The van der Waals surface area contributed by atoms with Gasteiger partial charge >= 0.3 is 0 Å². The Morgan fingerprint density at radius 1 is 1.54 bits per heavy atom. The van der Waals surface area contributed by atoms with Gasteiger partial charge in [-0.05, 0) is 18.5 Å². The molecule has 0 aliphatic carbocycles. The van der Waals surface area contributed by atoms with Gasteiger partial charge in [-0.3, -0.25) is 5.10 Å². The third-order valence-electron chi connectivity index (χ3n) is 1.63. The summed E-state index contributed by atoms with van der Waals surface area (Å²) in [5, 5.41) is 10.7. The molecule has 0 bridgehead atoms. The Labute approximate surface area is 79.5 Å². The molecule has 0 atom stereocenters. The normalized spacial score (nSPS) is 10.6. The van der Waals surface area contributed by atoms with Crippen LogP contribution in [-0.2, 0) is 0 Å². The van der Waals surface area contributed by atoms with E-state index in [1.54, 1.807) is 6.20 Å². The lowest BCUT2D eigenvalue weighted by Gasteiger charge is -2.02. The third kappa shape index (κ3) is 1.42. The molecule has 6 heteroatoms. The van der Waals surface area contributed by atoms with E-state index in [4.69, 9.17) is 11.6 Å². The van der Waals surface area contributed by atoms with Crippen LogP contribution in [0.1, 0.15) is 6.92 Å². The van der Waals surface area contributed by atoms with E-state index in [2.05, 4.69) is 25.5 Å². The number of rotatable bonds is 2. The highest BCUT2D eigenvalue weighted by Gasteiger charge is 2.06. The second-order valence-corrected chi connectivity index (χ2v) is 2.84. The summed E-state index contributed by atoms with van der Waals surface area (Å²) in [6.45, 7) is 2.77. The zero-order valence-electron chi connectivity index (χ0n) is 7.00. The monoisotopic (exact) mass is 197 g/mol. The standard InChI is InChI=1S/C7H8ClN5/c1-2-9-5-4-3-10-13-6(4)12-7(8)11-5/h3H,2H2,1H3,(H2,9,10,11,12,13). The molecule has 13 heavy (non-hydrogen) atoms. The first kappa shape index (κ1) is 8.25. The van der Waals surface area contributed by atoms with E-state index in [-0.39, 0.29) is 5.28 Å². The summed E-state index contributed by atoms with van der Waals surface area (Å²) >= 11 is 5.71. The minimum Gasteiger partial charge on any atom is -0.370 e. The fourth-order valence-electron chi connectivity index (χ4n) is 1.11. The van der Waals surface area contributed by atoms with E-state index < -0.39 is 0 Å². The Morgan fingerprint density at radius 3 is 3.15 bits per heavy atom. The predicted molar refractivity (Wildman–Crippen MR) is 50.9 cm³/mol. The first-order valence-corrected chi connectivity index (χ1v) is 4.29. The molecule has 2 aromatic rings. The summed E-state index contributed by atoms with van der Waals surface area (Å²) in [7, 11) is 0. The first-order valence-electron chi connectivity index (χ1n) is 3.91. The zero-order valence-corrected chi connectivity index (χ0v) is 7.76. The maximum Gasteiger partial charge on any atom is 0.226 e. The molecule has 0 radical (unpaired) electrons. The van der Waals surface area contributed by atoms with Crippen molar-refractivity contribution in [3.8, 4) is 0 Å². The largest absolute Gasteiger partial charge is 0.370 e. The molecule has 68 valence electrons. The molecular weight excluding hydrogens is 190 g/mol. The number of fused-ring (bicyclic) bond motifs is 1. The number of aromatic nitrogens is 4. The topological polar surface area (TPSA) is 66.5 Å². The van der Waals surface area contributed by atoms with E-state index in [1.807, 2.05) is 6.92 Å².